The minimum atomic E-state index is -1.11. The van der Waals surface area contributed by atoms with Crippen molar-refractivity contribution in [2.45, 2.75) is 77.4 Å². The van der Waals surface area contributed by atoms with Crippen molar-refractivity contribution in [2.75, 3.05) is 0 Å². The highest BCUT2D eigenvalue weighted by Crippen LogP contribution is 2.65. The molecule has 7 nitrogen and oxygen atoms in total. The maximum Gasteiger partial charge on any atom is 0.323 e. The average molecular weight is 504 g/mol. The first-order valence-corrected chi connectivity index (χ1v) is 13.7. The number of nitrogens with two attached hydrogens (primary N) is 1. The van der Waals surface area contributed by atoms with Gasteiger partial charge >= 0.3 is 11.9 Å². The Kier molecular flexibility index (Phi) is 5.82. The number of allylic oxidation sites excluding steroid dienone is 3. The second-order valence-electron chi connectivity index (χ2n) is 12.1. The third-order valence-corrected chi connectivity index (χ3v) is 10.3. The Labute approximate surface area is 217 Å². The Bertz CT molecular complexity index is 1310. The Morgan fingerprint density at radius 2 is 1.92 bits per heavy atom. The number of ether oxygens (including phenoxy) is 1. The van der Waals surface area contributed by atoms with Gasteiger partial charge in [-0.2, -0.15) is 0 Å². The van der Waals surface area contributed by atoms with Crippen LogP contribution in [0.4, 0.5) is 0 Å². The number of aliphatic carboxylic acids is 1. The normalized spacial score (nSPS) is 35.5. The van der Waals surface area contributed by atoms with Crippen molar-refractivity contribution in [3.05, 3.63) is 48.3 Å². The number of benzene rings is 1. The minimum absolute atomic E-state index is 0.126. The molecule has 0 saturated heterocycles. The molecular weight excluding hydrogens is 466 g/mol. The molecule has 3 N–H and O–H groups in total. The van der Waals surface area contributed by atoms with E-state index in [1.165, 1.54) is 29.6 Å². The van der Waals surface area contributed by atoms with Crippen LogP contribution in [0.1, 0.15) is 65.2 Å². The molecule has 0 bridgehead atoms. The molecule has 37 heavy (non-hydrogen) atoms. The van der Waals surface area contributed by atoms with Crippen molar-refractivity contribution in [2.24, 2.45) is 34.3 Å². The van der Waals surface area contributed by atoms with E-state index in [1.54, 1.807) is 0 Å². The third kappa shape index (κ3) is 3.85. The molecule has 1 aromatic heterocycles. The van der Waals surface area contributed by atoms with Crippen molar-refractivity contribution in [3.8, 4) is 0 Å². The SMILES string of the molecule is CC12CCC(OC(=O)C(N)CC(=O)O)CC1=CCC1C2CCC2(C)C(n3cnc4ccccc43)=CCC12. The van der Waals surface area contributed by atoms with Crippen LogP contribution in [0.25, 0.3) is 16.7 Å². The van der Waals surface area contributed by atoms with Crippen LogP contribution in [0.2, 0.25) is 0 Å². The topological polar surface area (TPSA) is 107 Å². The summed E-state index contributed by atoms with van der Waals surface area (Å²) in [6, 6.07) is 7.28. The molecule has 4 aliphatic rings. The van der Waals surface area contributed by atoms with Crippen molar-refractivity contribution < 1.29 is 19.4 Å². The van der Waals surface area contributed by atoms with Gasteiger partial charge in [0.05, 0.1) is 17.5 Å². The first-order chi connectivity index (χ1) is 17.7. The molecule has 4 aliphatic carbocycles. The van der Waals surface area contributed by atoms with Crippen LogP contribution in [0.15, 0.2) is 48.3 Å². The lowest BCUT2D eigenvalue weighted by Crippen LogP contribution is -2.50. The summed E-state index contributed by atoms with van der Waals surface area (Å²) in [4.78, 5) is 27.9. The smallest absolute Gasteiger partial charge is 0.323 e. The summed E-state index contributed by atoms with van der Waals surface area (Å²) in [7, 11) is 0. The van der Waals surface area contributed by atoms with Crippen LogP contribution < -0.4 is 5.73 Å². The highest BCUT2D eigenvalue weighted by Gasteiger charge is 2.57. The molecule has 0 radical (unpaired) electrons. The monoisotopic (exact) mass is 503 g/mol. The number of carbonyl (C=O) groups is 2. The molecule has 6 rings (SSSR count). The molecule has 0 amide bonds. The second kappa shape index (κ2) is 8.83. The van der Waals surface area contributed by atoms with E-state index in [0.717, 1.165) is 37.6 Å². The molecule has 2 saturated carbocycles. The van der Waals surface area contributed by atoms with Crippen LogP contribution in [0.3, 0.4) is 0 Å². The van der Waals surface area contributed by atoms with E-state index in [9.17, 15) is 9.59 Å². The predicted octanol–water partition coefficient (Wildman–Crippen LogP) is 5.16. The van der Waals surface area contributed by atoms with Gasteiger partial charge < -0.3 is 20.1 Å². The molecule has 0 spiro atoms. The van der Waals surface area contributed by atoms with Crippen molar-refractivity contribution in [1.82, 2.24) is 9.55 Å². The largest absolute Gasteiger partial charge is 0.481 e. The van der Waals surface area contributed by atoms with Gasteiger partial charge in [0, 0.05) is 17.5 Å². The van der Waals surface area contributed by atoms with Crippen LogP contribution in [0.5, 0.6) is 0 Å². The summed E-state index contributed by atoms with van der Waals surface area (Å²) >= 11 is 0. The number of rotatable bonds is 5. The summed E-state index contributed by atoms with van der Waals surface area (Å²) in [5, 5.41) is 8.93. The maximum absolute atomic E-state index is 12.3. The Hall–Kier alpha value is -2.93. The number of hydrogen-bond acceptors (Lipinski definition) is 5. The summed E-state index contributed by atoms with van der Waals surface area (Å²) in [5.74, 6) is 0.191. The van der Waals surface area contributed by atoms with Gasteiger partial charge in [0.2, 0.25) is 0 Å². The quantitative estimate of drug-likeness (QED) is 0.431. The molecular formula is C30H37N3O4. The number of nitrogens with zero attached hydrogens (tertiary/aromatic N) is 2. The highest BCUT2D eigenvalue weighted by atomic mass is 16.5. The summed E-state index contributed by atoms with van der Waals surface area (Å²) in [6.07, 6.45) is 13.4. The van der Waals surface area contributed by atoms with E-state index in [-0.39, 0.29) is 16.9 Å². The van der Waals surface area contributed by atoms with Crippen LogP contribution in [-0.2, 0) is 14.3 Å². The molecule has 1 aromatic carbocycles. The summed E-state index contributed by atoms with van der Waals surface area (Å²) in [5.41, 5.74) is 11.1. The lowest BCUT2D eigenvalue weighted by Gasteiger charge is -2.57. The molecule has 1 heterocycles. The summed E-state index contributed by atoms with van der Waals surface area (Å²) < 4.78 is 8.00. The number of esters is 1. The zero-order valence-corrected chi connectivity index (χ0v) is 21.7. The predicted molar refractivity (Wildman–Crippen MR) is 141 cm³/mol. The molecule has 7 atom stereocenters. The number of carboxylic acids is 1. The second-order valence-corrected chi connectivity index (χ2v) is 12.1. The lowest BCUT2D eigenvalue weighted by atomic mass is 9.47. The zero-order valence-electron chi connectivity index (χ0n) is 21.7. The Morgan fingerprint density at radius 3 is 2.73 bits per heavy atom. The molecule has 2 fully saturated rings. The Balaban J connectivity index is 1.20. The fourth-order valence-electron chi connectivity index (χ4n) is 8.32. The van der Waals surface area contributed by atoms with Crippen molar-refractivity contribution >= 4 is 28.7 Å². The highest BCUT2D eigenvalue weighted by molar-refractivity contribution is 5.82. The first kappa shape index (κ1) is 24.4. The summed E-state index contributed by atoms with van der Waals surface area (Å²) in [6.45, 7) is 4.90. The number of para-hydroxylation sites is 2. The van der Waals surface area contributed by atoms with Crippen LogP contribution >= 0.6 is 0 Å². The molecule has 196 valence electrons. The Morgan fingerprint density at radius 1 is 1.14 bits per heavy atom. The zero-order chi connectivity index (χ0) is 25.9. The molecule has 2 aromatic rings. The average Bonchev–Trinajstić information content (AvgIpc) is 3.44. The standard InChI is InChI=1S/C30H37N3O4/c1-29-13-11-19(37-28(36)23(31)16-27(34)35)15-18(29)7-8-20-21-9-10-26(30(21,2)14-12-22(20)29)33-17-32-24-5-3-4-6-25(24)33/h3-7,10,17,19-23H,8-9,11-16,31H2,1-2H3,(H,34,35). The van der Waals surface area contributed by atoms with Crippen LogP contribution in [0, 0.1) is 28.6 Å². The fourth-order valence-corrected chi connectivity index (χ4v) is 8.32. The van der Waals surface area contributed by atoms with Gasteiger partial charge in [0.1, 0.15) is 18.5 Å². The molecule has 7 unspecified atom stereocenters. The van der Waals surface area contributed by atoms with E-state index in [0.29, 0.717) is 17.8 Å². The van der Waals surface area contributed by atoms with Gasteiger partial charge in [-0.15, -0.1) is 0 Å². The maximum atomic E-state index is 12.3. The minimum Gasteiger partial charge on any atom is -0.481 e. The van der Waals surface area contributed by atoms with Gasteiger partial charge in [-0.1, -0.05) is 43.7 Å². The van der Waals surface area contributed by atoms with Gasteiger partial charge in [-0.25, -0.2) is 4.98 Å². The lowest BCUT2D eigenvalue weighted by molar-refractivity contribution is -0.155. The number of carbonyl (C=O) groups excluding carboxylic acids is 1. The van der Waals surface area contributed by atoms with Crippen LogP contribution in [-0.4, -0.2) is 38.7 Å². The number of fused-ring (bicyclic) bond motifs is 6. The molecule has 0 aliphatic heterocycles. The number of aromatic nitrogens is 2. The van der Waals surface area contributed by atoms with E-state index in [2.05, 4.69) is 53.7 Å². The van der Waals surface area contributed by atoms with E-state index in [1.807, 2.05) is 12.4 Å². The number of hydrogen-bond donors (Lipinski definition) is 2. The third-order valence-electron chi connectivity index (χ3n) is 10.3. The van der Waals surface area contributed by atoms with Gasteiger partial charge in [0.15, 0.2) is 0 Å². The van der Waals surface area contributed by atoms with E-state index < -0.39 is 24.4 Å². The van der Waals surface area contributed by atoms with E-state index >= 15 is 0 Å². The van der Waals surface area contributed by atoms with Gasteiger partial charge in [-0.05, 0) is 73.8 Å². The fraction of sp³-hybridized carbons (Fsp3) is 0.567. The number of imidazole rings is 1. The van der Waals surface area contributed by atoms with Crippen molar-refractivity contribution in [1.29, 1.82) is 0 Å². The first-order valence-electron chi connectivity index (χ1n) is 13.7. The molecule has 7 heteroatoms. The van der Waals surface area contributed by atoms with Crippen molar-refractivity contribution in [3.63, 3.8) is 0 Å². The van der Waals surface area contributed by atoms with E-state index in [4.69, 9.17) is 15.6 Å². The van der Waals surface area contributed by atoms with Gasteiger partial charge in [-0.3, -0.25) is 9.59 Å². The van der Waals surface area contributed by atoms with Gasteiger partial charge in [0.25, 0.3) is 0 Å². The number of carboxylic acid groups (broad SMARTS) is 1.